The van der Waals surface area contributed by atoms with Crippen LogP contribution < -0.4 is 11.1 Å². The van der Waals surface area contributed by atoms with Crippen molar-refractivity contribution in [2.75, 3.05) is 13.1 Å². The molecule has 0 saturated carbocycles. The summed E-state index contributed by atoms with van der Waals surface area (Å²) in [6.45, 7) is 4.44. The van der Waals surface area contributed by atoms with E-state index in [9.17, 15) is 0 Å². The molecular weight excluding hydrogens is 152 g/mol. The Hall–Kier alpha value is -0.800. The molecule has 0 aliphatic rings. The van der Waals surface area contributed by atoms with Crippen LogP contribution in [0.5, 0.6) is 0 Å². The highest BCUT2D eigenvalue weighted by molar-refractivity contribution is 5.04. The van der Waals surface area contributed by atoms with Crippen LogP contribution in [0.25, 0.3) is 0 Å². The fraction of sp³-hybridized carbons (Fsp3) is 0.556. The maximum Gasteiger partial charge on any atom is 0.117 e. The van der Waals surface area contributed by atoms with Gasteiger partial charge in [-0.15, -0.1) is 0 Å². The third kappa shape index (κ3) is 3.07. The predicted octanol–water partition coefficient (Wildman–Crippen LogP) is 1.03. The highest BCUT2D eigenvalue weighted by Gasteiger charge is 1.96. The highest BCUT2D eigenvalue weighted by atomic mass is 16.3. The molecule has 0 aliphatic carbocycles. The number of hydrogen-bond acceptors (Lipinski definition) is 3. The molecule has 0 spiro atoms. The van der Waals surface area contributed by atoms with Crippen molar-refractivity contribution in [1.29, 1.82) is 0 Å². The zero-order valence-corrected chi connectivity index (χ0v) is 7.47. The Labute approximate surface area is 72.9 Å². The van der Waals surface area contributed by atoms with Gasteiger partial charge in [-0.25, -0.2) is 0 Å². The number of aryl methyl sites for hydroxylation is 1. The van der Waals surface area contributed by atoms with Gasteiger partial charge >= 0.3 is 0 Å². The van der Waals surface area contributed by atoms with Crippen LogP contribution in [0.3, 0.4) is 0 Å². The second kappa shape index (κ2) is 4.95. The predicted molar refractivity (Wildman–Crippen MR) is 48.8 cm³/mol. The van der Waals surface area contributed by atoms with E-state index in [1.807, 2.05) is 19.1 Å². The average molecular weight is 168 g/mol. The topological polar surface area (TPSA) is 51.2 Å². The van der Waals surface area contributed by atoms with Crippen molar-refractivity contribution in [3.8, 4) is 0 Å². The molecule has 1 aromatic heterocycles. The lowest BCUT2D eigenvalue weighted by atomic mass is 10.4. The van der Waals surface area contributed by atoms with Crippen LogP contribution in [0.15, 0.2) is 16.5 Å². The number of rotatable bonds is 5. The molecule has 3 N–H and O–H groups in total. The van der Waals surface area contributed by atoms with E-state index in [1.54, 1.807) is 0 Å². The molecule has 0 fully saturated rings. The summed E-state index contributed by atoms with van der Waals surface area (Å²) >= 11 is 0. The summed E-state index contributed by atoms with van der Waals surface area (Å²) in [6.07, 6.45) is 1.01. The van der Waals surface area contributed by atoms with E-state index in [4.69, 9.17) is 10.2 Å². The first-order chi connectivity index (χ1) is 5.83. The van der Waals surface area contributed by atoms with Gasteiger partial charge in [0, 0.05) is 0 Å². The van der Waals surface area contributed by atoms with Crippen molar-refractivity contribution >= 4 is 0 Å². The molecule has 1 heterocycles. The van der Waals surface area contributed by atoms with Crippen molar-refractivity contribution in [3.63, 3.8) is 0 Å². The molecule has 0 radical (unpaired) electrons. The Morgan fingerprint density at radius 2 is 2.33 bits per heavy atom. The van der Waals surface area contributed by atoms with Crippen LogP contribution in [0, 0.1) is 6.92 Å². The molecule has 0 amide bonds. The van der Waals surface area contributed by atoms with Gasteiger partial charge in [-0.05, 0) is 38.6 Å². The van der Waals surface area contributed by atoms with Crippen molar-refractivity contribution in [3.05, 3.63) is 23.7 Å². The Morgan fingerprint density at radius 3 is 2.92 bits per heavy atom. The summed E-state index contributed by atoms with van der Waals surface area (Å²) in [6, 6.07) is 3.96. The molecule has 12 heavy (non-hydrogen) atoms. The Balaban J connectivity index is 2.15. The van der Waals surface area contributed by atoms with Crippen LogP contribution in [0.4, 0.5) is 0 Å². The van der Waals surface area contributed by atoms with Crippen molar-refractivity contribution in [2.45, 2.75) is 19.9 Å². The lowest BCUT2D eigenvalue weighted by Gasteiger charge is -1.99. The summed E-state index contributed by atoms with van der Waals surface area (Å²) in [7, 11) is 0. The zero-order chi connectivity index (χ0) is 8.81. The van der Waals surface area contributed by atoms with Crippen LogP contribution in [0.1, 0.15) is 17.9 Å². The second-order valence-electron chi connectivity index (χ2n) is 2.83. The molecule has 68 valence electrons. The van der Waals surface area contributed by atoms with Crippen LogP contribution in [0.2, 0.25) is 0 Å². The maximum absolute atomic E-state index is 5.37. The minimum Gasteiger partial charge on any atom is -0.465 e. The largest absolute Gasteiger partial charge is 0.465 e. The third-order valence-electron chi connectivity index (χ3n) is 1.65. The standard InChI is InChI=1S/C9H16N2O/c1-8-3-4-9(12-8)7-11-6-2-5-10/h3-4,11H,2,5-7,10H2,1H3. The monoisotopic (exact) mass is 168 g/mol. The van der Waals surface area contributed by atoms with Crippen LogP contribution in [-0.2, 0) is 6.54 Å². The van der Waals surface area contributed by atoms with Gasteiger partial charge in [-0.2, -0.15) is 0 Å². The zero-order valence-electron chi connectivity index (χ0n) is 7.47. The molecule has 1 aromatic rings. The first-order valence-electron chi connectivity index (χ1n) is 4.29. The molecule has 0 unspecified atom stereocenters. The van der Waals surface area contributed by atoms with E-state index < -0.39 is 0 Å². The number of nitrogens with two attached hydrogens (primary N) is 1. The summed E-state index contributed by atoms with van der Waals surface area (Å²) in [5, 5.41) is 3.24. The highest BCUT2D eigenvalue weighted by Crippen LogP contribution is 2.04. The van der Waals surface area contributed by atoms with Crippen LogP contribution in [-0.4, -0.2) is 13.1 Å². The van der Waals surface area contributed by atoms with E-state index in [1.165, 1.54) is 0 Å². The molecule has 0 aliphatic heterocycles. The molecule has 0 bridgehead atoms. The summed E-state index contributed by atoms with van der Waals surface area (Å²) in [4.78, 5) is 0. The van der Waals surface area contributed by atoms with E-state index in [0.29, 0.717) is 0 Å². The molecular formula is C9H16N2O. The van der Waals surface area contributed by atoms with Gasteiger partial charge in [-0.3, -0.25) is 0 Å². The average Bonchev–Trinajstić information content (AvgIpc) is 2.45. The van der Waals surface area contributed by atoms with Crippen molar-refractivity contribution < 1.29 is 4.42 Å². The maximum atomic E-state index is 5.37. The van der Waals surface area contributed by atoms with Gasteiger partial charge in [0.1, 0.15) is 11.5 Å². The Kier molecular flexibility index (Phi) is 3.84. The first kappa shape index (κ1) is 9.29. The van der Waals surface area contributed by atoms with Gasteiger partial charge in [0.05, 0.1) is 6.54 Å². The molecule has 1 rings (SSSR count). The molecule has 0 atom stereocenters. The number of furan rings is 1. The van der Waals surface area contributed by atoms with Crippen molar-refractivity contribution in [2.24, 2.45) is 5.73 Å². The molecule has 0 aromatic carbocycles. The summed E-state index contributed by atoms with van der Waals surface area (Å²) in [5.41, 5.74) is 5.35. The molecule has 3 heteroatoms. The van der Waals surface area contributed by atoms with E-state index in [0.717, 1.165) is 37.6 Å². The smallest absolute Gasteiger partial charge is 0.117 e. The summed E-state index contributed by atoms with van der Waals surface area (Å²) in [5.74, 6) is 1.95. The van der Waals surface area contributed by atoms with Gasteiger partial charge in [0.2, 0.25) is 0 Å². The quantitative estimate of drug-likeness (QED) is 0.645. The lowest BCUT2D eigenvalue weighted by Crippen LogP contribution is -2.17. The Bertz CT molecular complexity index is 220. The minimum absolute atomic E-state index is 0.740. The number of nitrogens with one attached hydrogen (secondary N) is 1. The minimum atomic E-state index is 0.740. The van der Waals surface area contributed by atoms with E-state index >= 15 is 0 Å². The lowest BCUT2D eigenvalue weighted by molar-refractivity contribution is 0.461. The van der Waals surface area contributed by atoms with Crippen molar-refractivity contribution in [1.82, 2.24) is 5.32 Å². The molecule has 3 nitrogen and oxygen atoms in total. The van der Waals surface area contributed by atoms with Crippen LogP contribution >= 0.6 is 0 Å². The SMILES string of the molecule is Cc1ccc(CNCCCN)o1. The molecule has 0 saturated heterocycles. The fourth-order valence-corrected chi connectivity index (χ4v) is 1.02. The number of hydrogen-bond donors (Lipinski definition) is 2. The second-order valence-corrected chi connectivity index (χ2v) is 2.83. The van der Waals surface area contributed by atoms with E-state index in [-0.39, 0.29) is 0 Å². The fourth-order valence-electron chi connectivity index (χ4n) is 1.02. The third-order valence-corrected chi connectivity index (χ3v) is 1.65. The van der Waals surface area contributed by atoms with Gasteiger partial charge in [0.25, 0.3) is 0 Å². The van der Waals surface area contributed by atoms with Gasteiger partial charge < -0.3 is 15.5 Å². The Morgan fingerprint density at radius 1 is 1.50 bits per heavy atom. The van der Waals surface area contributed by atoms with Gasteiger partial charge in [-0.1, -0.05) is 0 Å². The normalized spacial score (nSPS) is 10.5. The van der Waals surface area contributed by atoms with E-state index in [2.05, 4.69) is 5.32 Å². The van der Waals surface area contributed by atoms with Gasteiger partial charge in [0.15, 0.2) is 0 Å². The summed E-state index contributed by atoms with van der Waals surface area (Å²) < 4.78 is 5.37. The first-order valence-corrected chi connectivity index (χ1v) is 4.29.